The quantitative estimate of drug-likeness (QED) is 0.0585. The number of phenolic OH excluding ortho intramolecular Hbond substituents is 2. The summed E-state index contributed by atoms with van der Waals surface area (Å²) in [4.78, 5) is 31.4. The van der Waals surface area contributed by atoms with Gasteiger partial charge in [0.15, 0.2) is 0 Å². The number of aromatic carboxylic acids is 2. The van der Waals surface area contributed by atoms with E-state index in [2.05, 4.69) is 26.0 Å². The zero-order chi connectivity index (χ0) is 38.8. The third-order valence-corrected chi connectivity index (χ3v) is 8.29. The van der Waals surface area contributed by atoms with Gasteiger partial charge >= 0.3 is 32.4 Å². The van der Waals surface area contributed by atoms with Crippen molar-refractivity contribution in [1.82, 2.24) is 0 Å². The molecule has 0 aliphatic heterocycles. The average molecular weight is 817 g/mol. The molecular weight excluding hydrogens is 767 g/mol. The van der Waals surface area contributed by atoms with E-state index in [-0.39, 0.29) is 31.5 Å². The number of rotatable bonds is 13. The molecule has 0 radical (unpaired) electrons. The van der Waals surface area contributed by atoms with E-state index in [9.17, 15) is 30.0 Å². The van der Waals surface area contributed by atoms with Gasteiger partial charge in [-0.05, 0) is 105 Å². The smallest absolute Gasteiger partial charge is 0.869 e. The van der Waals surface area contributed by atoms with Gasteiger partial charge in [0.25, 0.3) is 0 Å². The number of hydrogen-bond acceptors (Lipinski definition) is 8. The van der Waals surface area contributed by atoms with Crippen molar-refractivity contribution in [1.29, 1.82) is 0 Å². The number of benzene rings is 4. The second kappa shape index (κ2) is 23.6. The van der Waals surface area contributed by atoms with Crippen molar-refractivity contribution in [3.8, 4) is 23.0 Å². The molecule has 53 heavy (non-hydrogen) atoms. The van der Waals surface area contributed by atoms with Crippen molar-refractivity contribution in [3.05, 3.63) is 106 Å². The number of aryl methyl sites for hydroxylation is 2. The summed E-state index contributed by atoms with van der Waals surface area (Å²) in [5.41, 5.74) is 5.84. The maximum atomic E-state index is 11.3. The number of carboxylic acid groups (broad SMARTS) is 2. The van der Waals surface area contributed by atoms with Crippen LogP contribution in [0, 0.1) is 13.8 Å². The molecule has 0 heterocycles. The average Bonchev–Trinajstić information content (AvgIpc) is 3.12. The molecule has 0 aliphatic rings. The summed E-state index contributed by atoms with van der Waals surface area (Å²) in [6, 6.07) is 23.0. The topological polar surface area (TPSA) is 186 Å². The van der Waals surface area contributed by atoms with Crippen molar-refractivity contribution >= 4 is 34.7 Å². The molecule has 10 nitrogen and oxygen atoms in total. The largest absolute Gasteiger partial charge is 2.00 e. The maximum absolute atomic E-state index is 11.3. The first kappa shape index (κ1) is 46.0. The monoisotopic (exact) mass is 816 g/mol. The van der Waals surface area contributed by atoms with Gasteiger partial charge in [-0.2, -0.15) is 0 Å². The first-order valence-electron chi connectivity index (χ1n) is 17.6. The summed E-state index contributed by atoms with van der Waals surface area (Å²) in [6.45, 7) is 11.3. The van der Waals surface area contributed by atoms with Gasteiger partial charge in [0.05, 0.1) is 33.9 Å². The van der Waals surface area contributed by atoms with Crippen LogP contribution < -0.4 is 10.2 Å². The van der Waals surface area contributed by atoms with Gasteiger partial charge in [-0.25, -0.2) is 9.59 Å². The summed E-state index contributed by atoms with van der Waals surface area (Å²) >= 11 is 0. The molecule has 0 aliphatic carbocycles. The summed E-state index contributed by atoms with van der Waals surface area (Å²) in [5, 5.41) is 58.6. The van der Waals surface area contributed by atoms with Crippen LogP contribution in [0.4, 0.5) is 11.4 Å². The van der Waals surface area contributed by atoms with Crippen molar-refractivity contribution in [2.24, 2.45) is 9.98 Å². The van der Waals surface area contributed by atoms with Gasteiger partial charge in [0.1, 0.15) is 11.5 Å². The number of hydrogen-bond donors (Lipinski definition) is 4. The number of carbonyl (C=O) groups is 2. The van der Waals surface area contributed by atoms with Gasteiger partial charge in [-0.15, -0.1) is 0 Å². The molecule has 4 N–H and O–H groups in total. The third kappa shape index (κ3) is 13.8. The van der Waals surface area contributed by atoms with E-state index in [0.29, 0.717) is 35.1 Å². The van der Waals surface area contributed by atoms with Crippen LogP contribution in [0.2, 0.25) is 0 Å². The van der Waals surface area contributed by atoms with Crippen LogP contribution in [-0.4, -0.2) is 43.8 Å². The predicted molar refractivity (Wildman–Crippen MR) is 203 cm³/mol. The van der Waals surface area contributed by atoms with Crippen LogP contribution in [-0.2, 0) is 33.3 Å². The zero-order valence-electron chi connectivity index (χ0n) is 31.2. The zero-order valence-corrected chi connectivity index (χ0v) is 32.8. The summed E-state index contributed by atoms with van der Waals surface area (Å²) in [7, 11) is 0. The SMILES string of the molecule is CCCCCCC(=Nc1ccccc1)C(CC)=Nc1ccccc1.CCc1c(C)cc(O)c([O-])c1C(=O)O.CCc1c(C)cc(O)c([O-])c1C(=O)O.[Pd+2]. The van der Waals surface area contributed by atoms with Gasteiger partial charge in [0, 0.05) is 0 Å². The normalized spacial score (nSPS) is 11.0. The standard InChI is InChI=1S/C22H28N2.2C10H12O4.Pd/c1-3-5-6-13-18-22(24-20-16-11-8-12-17-20)21(4-2)23-19-14-9-7-10-15-19;2*1-3-6-5(2)4-7(11)9(12)8(6)10(13)14;/h7-12,14-17H,3-6,13,18H2,1-2H3;2*4,11-12H,3H2,1-2H3,(H,13,14);/q;;;+2/p-2. The van der Waals surface area contributed by atoms with E-state index in [4.69, 9.17) is 20.2 Å². The number of carboxylic acids is 2. The van der Waals surface area contributed by atoms with E-state index in [1.807, 2.05) is 48.5 Å². The van der Waals surface area contributed by atoms with Gasteiger partial charge in [-0.3, -0.25) is 9.98 Å². The fourth-order valence-corrected chi connectivity index (χ4v) is 5.65. The number of nitrogens with zero attached hydrogens (tertiary/aromatic N) is 2. The van der Waals surface area contributed by atoms with Crippen molar-refractivity contribution < 1.29 is 60.7 Å². The second-order valence-electron chi connectivity index (χ2n) is 12.1. The Labute approximate surface area is 326 Å². The number of aliphatic imine (C=N–C) groups is 2. The van der Waals surface area contributed by atoms with Crippen LogP contribution in [0.25, 0.3) is 0 Å². The molecule has 0 bridgehead atoms. The molecule has 0 aromatic heterocycles. The minimum Gasteiger partial charge on any atom is -0.869 e. The molecule has 0 saturated carbocycles. The van der Waals surface area contributed by atoms with E-state index in [1.54, 1.807) is 27.7 Å². The molecule has 11 heteroatoms. The Bertz CT molecular complexity index is 1770. The second-order valence-corrected chi connectivity index (χ2v) is 12.1. The molecule has 0 amide bonds. The number of unbranched alkanes of at least 4 members (excludes halogenated alkanes) is 3. The molecule has 4 aromatic rings. The molecule has 0 atom stereocenters. The van der Waals surface area contributed by atoms with E-state index in [0.717, 1.165) is 35.6 Å². The Hall–Kier alpha value is -4.98. The predicted octanol–water partition coefficient (Wildman–Crippen LogP) is 8.98. The van der Waals surface area contributed by atoms with E-state index >= 15 is 0 Å². The number of aromatic hydroxyl groups is 2. The summed E-state index contributed by atoms with van der Waals surface area (Å²) < 4.78 is 0. The Morgan fingerprint density at radius 3 is 1.36 bits per heavy atom. The molecule has 0 spiro atoms. The summed E-state index contributed by atoms with van der Waals surface area (Å²) in [6.07, 6.45) is 7.79. The maximum Gasteiger partial charge on any atom is 2.00 e. The Balaban J connectivity index is 0.000000419. The first-order chi connectivity index (χ1) is 24.8. The first-order valence-corrected chi connectivity index (χ1v) is 17.6. The van der Waals surface area contributed by atoms with Crippen LogP contribution in [0.3, 0.4) is 0 Å². The fourth-order valence-electron chi connectivity index (χ4n) is 5.65. The van der Waals surface area contributed by atoms with Crippen LogP contribution in [0.15, 0.2) is 82.8 Å². The summed E-state index contributed by atoms with van der Waals surface area (Å²) in [5.74, 6) is -5.19. The Kier molecular flexibility index (Phi) is 20.5. The molecule has 0 unspecified atom stereocenters. The third-order valence-electron chi connectivity index (χ3n) is 8.29. The van der Waals surface area contributed by atoms with E-state index in [1.165, 1.54) is 37.8 Å². The van der Waals surface area contributed by atoms with Gasteiger partial charge < -0.3 is 30.6 Å². The van der Waals surface area contributed by atoms with Crippen LogP contribution >= 0.6 is 0 Å². The molecule has 4 rings (SSSR count). The van der Waals surface area contributed by atoms with Crippen molar-refractivity contribution in [3.63, 3.8) is 0 Å². The number of phenols is 2. The van der Waals surface area contributed by atoms with Crippen molar-refractivity contribution in [2.75, 3.05) is 0 Å². The van der Waals surface area contributed by atoms with Crippen molar-refractivity contribution in [2.45, 2.75) is 92.9 Å². The Morgan fingerprint density at radius 2 is 1.02 bits per heavy atom. The minimum absolute atomic E-state index is 0. The molecular formula is C42H50N2O8Pd. The molecule has 0 saturated heterocycles. The molecule has 286 valence electrons. The van der Waals surface area contributed by atoms with Crippen LogP contribution in [0.5, 0.6) is 23.0 Å². The van der Waals surface area contributed by atoms with E-state index < -0.39 is 34.9 Å². The Morgan fingerprint density at radius 1 is 0.623 bits per heavy atom. The molecule has 0 fully saturated rings. The van der Waals surface area contributed by atoms with Gasteiger partial charge in [-0.1, -0.05) is 94.9 Å². The fraction of sp³-hybridized carbons (Fsp3) is 0.333. The van der Waals surface area contributed by atoms with Gasteiger partial charge in [0.2, 0.25) is 0 Å². The molecule has 4 aromatic carbocycles. The minimum atomic E-state index is -1.29. The number of para-hydroxylation sites is 2. The van der Waals surface area contributed by atoms with Crippen LogP contribution in [0.1, 0.15) is 109 Å².